The van der Waals surface area contributed by atoms with Gasteiger partial charge in [0.2, 0.25) is 5.91 Å². The van der Waals surface area contributed by atoms with Crippen molar-refractivity contribution in [3.63, 3.8) is 0 Å². The van der Waals surface area contributed by atoms with Gasteiger partial charge in [-0.05, 0) is 155 Å². The fourth-order valence-corrected chi connectivity index (χ4v) is 13.7. The van der Waals surface area contributed by atoms with Gasteiger partial charge >= 0.3 is 11.9 Å². The van der Waals surface area contributed by atoms with Gasteiger partial charge in [-0.1, -0.05) is 58.9 Å². The molecule has 5 aliphatic carbocycles. The minimum atomic E-state index is -1.15. The maximum Gasteiger partial charge on any atom is 0.309 e. The van der Waals surface area contributed by atoms with Gasteiger partial charge in [-0.15, -0.1) is 0 Å². The summed E-state index contributed by atoms with van der Waals surface area (Å²) in [6.07, 6.45) is 9.97. The number of hydrogen-bond acceptors (Lipinski definition) is 5. The van der Waals surface area contributed by atoms with E-state index in [1.54, 1.807) is 21.0 Å². The second-order valence-corrected chi connectivity index (χ2v) is 20.0. The third-order valence-corrected chi connectivity index (χ3v) is 16.9. The zero-order valence-electron chi connectivity index (χ0n) is 33.8. The molecule has 0 saturated heterocycles. The summed E-state index contributed by atoms with van der Waals surface area (Å²) in [4.78, 5) is 39.6. The van der Waals surface area contributed by atoms with E-state index in [0.29, 0.717) is 23.7 Å². The topological polar surface area (TPSA) is 102 Å². The molecular weight excluding hydrogens is 650 g/mol. The highest BCUT2D eigenvalue weighted by molar-refractivity contribution is 5.84. The lowest BCUT2D eigenvalue weighted by Crippen LogP contribution is -2.67. The molecule has 0 aliphatic heterocycles. The normalized spacial score (nSPS) is 39.8. The summed E-state index contributed by atoms with van der Waals surface area (Å²) < 4.78 is 11.6. The van der Waals surface area contributed by atoms with Gasteiger partial charge in [0.05, 0.1) is 30.4 Å². The summed E-state index contributed by atoms with van der Waals surface area (Å²) in [5.41, 5.74) is 0.922. The lowest BCUT2D eigenvalue weighted by molar-refractivity contribution is -0.249. The van der Waals surface area contributed by atoms with E-state index in [0.717, 1.165) is 75.5 Å². The highest BCUT2D eigenvalue weighted by Gasteiger charge is 2.72. The van der Waals surface area contributed by atoms with Crippen molar-refractivity contribution in [3.05, 3.63) is 42.0 Å². The SMILES string of the molecule is C=C(C)[C@@H]1CC[C@]2(C(=O)N[C@H](C)c3ccc(OC)cc3)CC[C@]3(C)[C@H](CC[C@@H]4[C@@]5(C)CC[C@H](OC(=O)CC(C)(C)C(=O)O)C(C)(C)[C@@H]5CC[C@]43C)[C@@H]12. The van der Waals surface area contributed by atoms with Crippen LogP contribution < -0.4 is 10.1 Å². The van der Waals surface area contributed by atoms with Gasteiger partial charge in [-0.25, -0.2) is 0 Å². The van der Waals surface area contributed by atoms with Crippen molar-refractivity contribution in [2.24, 2.45) is 62.1 Å². The molecule has 1 aromatic carbocycles. The molecule has 0 unspecified atom stereocenters. The van der Waals surface area contributed by atoms with E-state index >= 15 is 0 Å². The van der Waals surface area contributed by atoms with Crippen LogP contribution in [-0.4, -0.2) is 36.2 Å². The van der Waals surface area contributed by atoms with Crippen LogP contribution in [0.4, 0.5) is 0 Å². The Kier molecular flexibility index (Phi) is 9.86. The molecule has 5 aliphatic rings. The molecule has 0 bridgehead atoms. The summed E-state index contributed by atoms with van der Waals surface area (Å²) in [7, 11) is 1.67. The van der Waals surface area contributed by atoms with Crippen LogP contribution in [0.3, 0.4) is 0 Å². The summed E-state index contributed by atoms with van der Waals surface area (Å²) >= 11 is 0. The first-order valence-electron chi connectivity index (χ1n) is 20.2. The number of nitrogens with one attached hydrogen (secondary N) is 1. The molecule has 5 saturated carbocycles. The number of ether oxygens (including phenoxy) is 2. The van der Waals surface area contributed by atoms with Crippen LogP contribution in [0.15, 0.2) is 36.4 Å². The van der Waals surface area contributed by atoms with E-state index in [2.05, 4.69) is 72.5 Å². The maximum absolute atomic E-state index is 14.7. The first-order chi connectivity index (χ1) is 24.2. The van der Waals surface area contributed by atoms with Crippen LogP contribution in [0.1, 0.15) is 145 Å². The molecule has 0 aromatic heterocycles. The Balaban J connectivity index is 1.25. The number of benzene rings is 1. The van der Waals surface area contributed by atoms with Crippen LogP contribution in [0.2, 0.25) is 0 Å². The smallest absolute Gasteiger partial charge is 0.309 e. The van der Waals surface area contributed by atoms with Crippen LogP contribution in [-0.2, 0) is 19.1 Å². The lowest BCUT2D eigenvalue weighted by Gasteiger charge is -2.72. The number of hydrogen-bond donors (Lipinski definition) is 2. The summed E-state index contributed by atoms with van der Waals surface area (Å²) in [6.45, 7) is 24.4. The van der Waals surface area contributed by atoms with E-state index in [4.69, 9.17) is 9.47 Å². The van der Waals surface area contributed by atoms with Crippen LogP contribution in [0, 0.1) is 62.1 Å². The van der Waals surface area contributed by atoms with E-state index in [9.17, 15) is 19.5 Å². The highest BCUT2D eigenvalue weighted by Crippen LogP contribution is 2.77. The summed E-state index contributed by atoms with van der Waals surface area (Å²) in [5, 5.41) is 13.1. The molecule has 288 valence electrons. The van der Waals surface area contributed by atoms with Crippen LogP contribution >= 0.6 is 0 Å². The molecule has 0 spiro atoms. The Morgan fingerprint density at radius 1 is 0.904 bits per heavy atom. The fourth-order valence-electron chi connectivity index (χ4n) is 13.7. The first kappa shape index (κ1) is 38.9. The Morgan fingerprint density at radius 2 is 1.58 bits per heavy atom. The Labute approximate surface area is 313 Å². The molecule has 0 heterocycles. The molecule has 52 heavy (non-hydrogen) atoms. The third kappa shape index (κ3) is 5.84. The Bertz CT molecular complexity index is 1580. The van der Waals surface area contributed by atoms with Gasteiger partial charge in [-0.2, -0.15) is 0 Å². The molecule has 0 radical (unpaired) electrons. The Hall–Kier alpha value is -2.83. The number of carbonyl (C=O) groups is 3. The predicted molar refractivity (Wildman–Crippen MR) is 204 cm³/mol. The monoisotopic (exact) mass is 717 g/mol. The second kappa shape index (κ2) is 13.2. The number of carbonyl (C=O) groups excluding carboxylic acids is 2. The minimum Gasteiger partial charge on any atom is -0.497 e. The molecule has 1 amide bonds. The van der Waals surface area contributed by atoms with Crippen molar-refractivity contribution in [3.8, 4) is 5.75 Å². The van der Waals surface area contributed by atoms with E-state index in [1.807, 2.05) is 12.1 Å². The van der Waals surface area contributed by atoms with Crippen LogP contribution in [0.5, 0.6) is 5.75 Å². The van der Waals surface area contributed by atoms with Crippen molar-refractivity contribution in [1.82, 2.24) is 5.32 Å². The molecule has 2 N–H and O–H groups in total. The summed E-state index contributed by atoms with van der Waals surface area (Å²) in [6, 6.07) is 7.96. The van der Waals surface area contributed by atoms with Crippen molar-refractivity contribution in [2.45, 2.75) is 145 Å². The van der Waals surface area contributed by atoms with Gasteiger partial charge in [-0.3, -0.25) is 14.4 Å². The van der Waals surface area contributed by atoms with E-state index < -0.39 is 17.4 Å². The largest absolute Gasteiger partial charge is 0.497 e. The highest BCUT2D eigenvalue weighted by atomic mass is 16.5. The standard InChI is InChI=1S/C45H67NO6/c1-27(2)31-18-23-45(38(48)46-28(3)29-12-14-30(51-11)15-13-29)25-24-43(9)32(37(31)45)16-17-34-42(8)21-20-35(52-36(47)26-40(4,5)39(49)50)41(6,7)33(42)19-22-44(34,43)10/h12-15,28,31-35,37H,1,16-26H2,2-11H3,(H,46,48)(H,49,50)/t28-,31+,32-,33+,34-,35+,37-,42+,43-,44-,45+/m1/s1. The second-order valence-electron chi connectivity index (χ2n) is 20.0. The van der Waals surface area contributed by atoms with Gasteiger partial charge in [0, 0.05) is 5.41 Å². The number of esters is 1. The Morgan fingerprint density at radius 3 is 2.19 bits per heavy atom. The molecule has 1 aromatic rings. The van der Waals surface area contributed by atoms with Crippen molar-refractivity contribution < 1.29 is 29.0 Å². The number of rotatable bonds is 9. The molecular formula is C45H67NO6. The van der Waals surface area contributed by atoms with Crippen LogP contribution in [0.25, 0.3) is 0 Å². The van der Waals surface area contributed by atoms with E-state index in [1.165, 1.54) is 5.57 Å². The maximum atomic E-state index is 14.7. The molecule has 7 nitrogen and oxygen atoms in total. The fraction of sp³-hybridized carbons (Fsp3) is 0.756. The lowest BCUT2D eigenvalue weighted by atomic mass is 9.32. The molecule has 6 rings (SSSR count). The van der Waals surface area contributed by atoms with Crippen molar-refractivity contribution in [1.29, 1.82) is 0 Å². The number of amides is 1. The quantitative estimate of drug-likeness (QED) is 0.195. The van der Waals surface area contributed by atoms with Gasteiger partial charge < -0.3 is 19.9 Å². The van der Waals surface area contributed by atoms with Crippen molar-refractivity contribution in [2.75, 3.05) is 7.11 Å². The number of fused-ring (bicyclic) bond motifs is 7. The number of carboxylic acid groups (broad SMARTS) is 1. The van der Waals surface area contributed by atoms with Crippen molar-refractivity contribution >= 4 is 17.8 Å². The average Bonchev–Trinajstić information content (AvgIpc) is 3.47. The molecule has 5 fully saturated rings. The number of carboxylic acids is 1. The molecule has 7 heteroatoms. The van der Waals surface area contributed by atoms with E-state index in [-0.39, 0.29) is 57.5 Å². The van der Waals surface area contributed by atoms with Gasteiger partial charge in [0.1, 0.15) is 11.9 Å². The number of methoxy groups -OCH3 is 1. The third-order valence-electron chi connectivity index (χ3n) is 16.9. The zero-order valence-corrected chi connectivity index (χ0v) is 33.8. The summed E-state index contributed by atoms with van der Waals surface area (Å²) in [5.74, 6) is 1.71. The predicted octanol–water partition coefficient (Wildman–Crippen LogP) is 9.94. The minimum absolute atomic E-state index is 0.0875. The van der Waals surface area contributed by atoms with Gasteiger partial charge in [0.25, 0.3) is 0 Å². The average molecular weight is 718 g/mol. The molecule has 11 atom stereocenters. The number of allylic oxidation sites excluding steroid dienone is 1. The van der Waals surface area contributed by atoms with Gasteiger partial charge in [0.15, 0.2) is 0 Å². The number of aliphatic carboxylic acids is 1. The zero-order chi connectivity index (χ0) is 38.2. The first-order valence-corrected chi connectivity index (χ1v) is 20.2.